The van der Waals surface area contributed by atoms with Crippen LogP contribution in [0.3, 0.4) is 0 Å². The smallest absolute Gasteiger partial charge is 0.246 e. The van der Waals surface area contributed by atoms with E-state index in [2.05, 4.69) is 161 Å². The predicted octanol–water partition coefficient (Wildman–Crippen LogP) is 18.3. The number of hydrogen-bond acceptors (Lipinski definition) is 22. The molecule has 16 rings (SSSR count). The van der Waals surface area contributed by atoms with Gasteiger partial charge in [-0.05, 0) is 149 Å². The number of rotatable bonds is 23. The van der Waals surface area contributed by atoms with E-state index >= 15 is 0 Å². The molecule has 0 radical (unpaired) electrons. The number of carbonyl (C=O) groups is 8. The van der Waals surface area contributed by atoms with Gasteiger partial charge < -0.3 is 63.0 Å². The molecule has 8 amide bonds. The van der Waals surface area contributed by atoms with Gasteiger partial charge in [0.1, 0.15) is 44.2 Å². The fourth-order valence-electron chi connectivity index (χ4n) is 17.1. The third-order valence-electron chi connectivity index (χ3n) is 24.9. The number of amides is 8. The molecule has 6 aromatic carbocycles. The van der Waals surface area contributed by atoms with Crippen LogP contribution in [0.5, 0.6) is 0 Å². The Bertz CT molecular complexity index is 6010. The van der Waals surface area contributed by atoms with Gasteiger partial charge in [0.2, 0.25) is 47.3 Å². The first-order chi connectivity index (χ1) is 62.4. The van der Waals surface area contributed by atoms with Crippen LogP contribution in [-0.2, 0) is 38.4 Å². The molecule has 4 aliphatic heterocycles. The molecule has 0 spiro atoms. The number of fused-ring (bicyclic) bond motifs is 4. The third kappa shape index (κ3) is 22.9. The molecular formula is C101H126N16O8S6. The molecule has 30 heteroatoms. The minimum Gasteiger partial charge on any atom is -0.343 e. The van der Waals surface area contributed by atoms with Crippen molar-refractivity contribution in [2.45, 2.75) is 228 Å². The lowest BCUT2D eigenvalue weighted by Gasteiger charge is -2.36. The van der Waals surface area contributed by atoms with Gasteiger partial charge in [0.25, 0.3) is 0 Å². The van der Waals surface area contributed by atoms with Gasteiger partial charge in [-0.1, -0.05) is 197 Å². The van der Waals surface area contributed by atoms with E-state index in [1.807, 2.05) is 132 Å². The lowest BCUT2D eigenvalue weighted by atomic mass is 9.85. The molecule has 0 saturated carbocycles. The third-order valence-corrected chi connectivity index (χ3v) is 30.6. The maximum Gasteiger partial charge on any atom is 0.246 e. The second kappa shape index (κ2) is 42.8. The molecule has 0 bridgehead atoms. The van der Waals surface area contributed by atoms with Crippen molar-refractivity contribution in [3.63, 3.8) is 0 Å². The molecule has 694 valence electrons. The number of benzene rings is 6. The summed E-state index contributed by atoms with van der Waals surface area (Å²) in [6.07, 6.45) is 7.23. The van der Waals surface area contributed by atoms with E-state index in [9.17, 15) is 38.4 Å². The van der Waals surface area contributed by atoms with Crippen molar-refractivity contribution in [2.24, 2.45) is 33.6 Å². The maximum absolute atomic E-state index is 13.7. The minimum absolute atomic E-state index is 0.0273. The lowest BCUT2D eigenvalue weighted by Crippen LogP contribution is -2.57. The van der Waals surface area contributed by atoms with Gasteiger partial charge in [0.15, 0.2) is 0 Å². The molecule has 10 N–H and O–H groups in total. The Balaban J connectivity index is 0.000000149. The first-order valence-corrected chi connectivity index (χ1v) is 50.7. The highest BCUT2D eigenvalue weighted by atomic mass is 32.1. The molecule has 12 atom stereocenters. The highest BCUT2D eigenvalue weighted by Gasteiger charge is 2.46. The molecule has 4 fully saturated rings. The van der Waals surface area contributed by atoms with Crippen LogP contribution >= 0.6 is 68.0 Å². The van der Waals surface area contributed by atoms with Crippen molar-refractivity contribution < 1.29 is 38.4 Å². The van der Waals surface area contributed by atoms with E-state index in [4.69, 9.17) is 31.4 Å². The summed E-state index contributed by atoms with van der Waals surface area (Å²) in [6.45, 7) is 31.3. The first-order valence-electron chi connectivity index (χ1n) is 45.4. The second-order valence-corrected chi connectivity index (χ2v) is 43.5. The maximum atomic E-state index is 13.7. The Kier molecular flexibility index (Phi) is 32.2. The van der Waals surface area contributed by atoms with Gasteiger partial charge in [-0.25, -0.2) is 19.9 Å². The van der Waals surface area contributed by atoms with E-state index in [-0.39, 0.29) is 89.4 Å². The molecule has 4 aliphatic rings. The van der Waals surface area contributed by atoms with Crippen LogP contribution in [-0.4, -0.2) is 175 Å². The van der Waals surface area contributed by atoms with Crippen LogP contribution in [0, 0.1) is 22.2 Å². The zero-order valence-electron chi connectivity index (χ0n) is 78.1. The van der Waals surface area contributed by atoms with E-state index < -0.39 is 52.5 Å². The summed E-state index contributed by atoms with van der Waals surface area (Å²) in [4.78, 5) is 132. The van der Waals surface area contributed by atoms with Crippen LogP contribution in [0.2, 0.25) is 0 Å². The Hall–Kier alpha value is -10.1. The van der Waals surface area contributed by atoms with Crippen LogP contribution in [0.1, 0.15) is 199 Å². The molecule has 0 aliphatic carbocycles. The molecule has 10 heterocycles. The topological polar surface area (TPSA) is 325 Å². The van der Waals surface area contributed by atoms with Gasteiger partial charge in [-0.2, -0.15) is 0 Å². The minimum atomic E-state index is -0.667. The normalized spacial score (nSPS) is 18.4. The number of aromatic nitrogens is 4. The van der Waals surface area contributed by atoms with Crippen molar-refractivity contribution in [1.82, 2.24) is 71.4 Å². The quantitative estimate of drug-likeness (QED) is 0.0295. The molecule has 12 aromatic rings. The highest BCUT2D eigenvalue weighted by Crippen LogP contribution is 2.45. The predicted molar refractivity (Wildman–Crippen MR) is 536 cm³/mol. The fourth-order valence-corrected chi connectivity index (χ4v) is 22.9. The Morgan fingerprint density at radius 1 is 0.344 bits per heavy atom. The van der Waals surface area contributed by atoms with Crippen molar-refractivity contribution in [2.75, 3.05) is 40.3 Å². The average Bonchev–Trinajstić information content (AvgIpc) is 1.65. The summed E-state index contributed by atoms with van der Waals surface area (Å²) in [5.74, 6) is -1.16. The zero-order valence-corrected chi connectivity index (χ0v) is 83.0. The van der Waals surface area contributed by atoms with E-state index in [0.717, 1.165) is 116 Å². The van der Waals surface area contributed by atoms with Gasteiger partial charge >= 0.3 is 0 Å². The SMILES string of the molecule is CC(C)[C@@H](NC(=O)[C@@H](C)N)C(=O)N1CCC[C@@H]1c1nc(-c2csc3ccccc23)cs1.CN[C@@H](C)C(=O)N[C@H](C(=O)N1CCC[C@H]1c1nc(-c2cccc3ccccc23)cs1)C(C)(C)C.CN[C@@H](C)C(=O)N[C@H](C(=O)N1CCC[C@H]1c1nc(-c2csc3ccccc23)cs1)C(C)(C)C.C[C@H](N)C(=O)N[C@H](C(=O)N1CCC[C@H]1c1nc(-c2cccc3ccccc23)cs1)C(C)(C)C. The molecule has 24 nitrogen and oxygen atoms in total. The standard InChI is InChI=1S/C27H34N4O2S.C26H32N4O2S.C25H32N4O2S2.C23H28N4O2S2/c1-17(28-5)24(32)30-23(27(2,3)4)26(33)31-15-9-14-22(31)25-29-21(16-34-25)20-13-8-11-18-10-6-7-12-19(18)20;1-16(27)23(31)29-22(26(2,3)4)25(32)30-14-8-13-21(30)24-28-20(15-33-24)19-12-7-10-17-9-5-6-11-18(17)19;1-15(26-5)22(30)28-21(25(2,3)4)24(31)29-12-8-10-19(29)23-27-18(14-33-23)17-13-32-20-11-7-6-9-16(17)20;1-13(2)20(26-21(28)14(3)24)23(29)27-10-6-8-18(27)22-25-17(12-31-22)16-11-30-19-9-5-4-7-15(16)19/h6-8,10-13,16-17,22-23,28H,9,14-15H2,1-5H3,(H,30,32);5-7,9-12,15-16,21-22H,8,13-14,27H2,1-4H3,(H,29,31);6-7,9,11,13-15,19,21,26H,8,10,12H2,1-5H3,(H,28,30);4-5,7,9,11-14,18,20H,6,8,10,24H2,1-3H3,(H,26,28)/t17-,22-,23+;16-,21-,22+;15-,19-,21+;14-,18-,20-/m0001/s1. The second-order valence-electron chi connectivity index (χ2n) is 38.1. The summed E-state index contributed by atoms with van der Waals surface area (Å²) in [7, 11) is 3.48. The number of thiazole rings is 4. The van der Waals surface area contributed by atoms with Gasteiger partial charge in [-0.3, -0.25) is 38.4 Å². The molecule has 131 heavy (non-hydrogen) atoms. The lowest BCUT2D eigenvalue weighted by molar-refractivity contribution is -0.140. The molecule has 4 saturated heterocycles. The number of hydrogen-bond donors (Lipinski definition) is 8. The zero-order chi connectivity index (χ0) is 94.1. The van der Waals surface area contributed by atoms with Crippen molar-refractivity contribution in [3.8, 4) is 45.0 Å². The van der Waals surface area contributed by atoms with Gasteiger partial charge in [0, 0.05) is 101 Å². The van der Waals surface area contributed by atoms with Crippen LogP contribution in [0.25, 0.3) is 86.7 Å². The van der Waals surface area contributed by atoms with Crippen molar-refractivity contribution in [1.29, 1.82) is 0 Å². The van der Waals surface area contributed by atoms with Crippen LogP contribution < -0.4 is 43.4 Å². The number of carbonyl (C=O) groups excluding carboxylic acids is 8. The van der Waals surface area contributed by atoms with Crippen molar-refractivity contribution in [3.05, 3.63) is 186 Å². The summed E-state index contributed by atoms with van der Waals surface area (Å²) < 4.78 is 2.49. The molecule has 6 aromatic heterocycles. The number of nitrogens with two attached hydrogens (primary N) is 2. The molecular weight excluding hydrogens is 1760 g/mol. The summed E-state index contributed by atoms with van der Waals surface area (Å²) >= 11 is 9.88. The fraction of sp³-hybridized carbons (Fsp3) is 0.446. The van der Waals surface area contributed by atoms with E-state index in [1.54, 1.807) is 110 Å². The first kappa shape index (κ1) is 98.4. The van der Waals surface area contributed by atoms with E-state index in [1.165, 1.54) is 41.7 Å². The molecule has 0 unspecified atom stereocenters. The average molecular weight is 1880 g/mol. The van der Waals surface area contributed by atoms with Gasteiger partial charge in [-0.15, -0.1) is 68.0 Å². The summed E-state index contributed by atoms with van der Waals surface area (Å²) in [6, 6.07) is 41.1. The largest absolute Gasteiger partial charge is 0.343 e. The monoisotopic (exact) mass is 1880 g/mol. The van der Waals surface area contributed by atoms with E-state index in [0.29, 0.717) is 26.2 Å². The number of likely N-dealkylation sites (N-methyl/N-ethyl adjacent to an activating group) is 2. The van der Waals surface area contributed by atoms with Gasteiger partial charge in [0.05, 0.1) is 71.1 Å². The van der Waals surface area contributed by atoms with Crippen LogP contribution in [0.4, 0.5) is 0 Å². The van der Waals surface area contributed by atoms with Crippen LogP contribution in [0.15, 0.2) is 166 Å². The highest BCUT2D eigenvalue weighted by molar-refractivity contribution is 7.18. The summed E-state index contributed by atoms with van der Waals surface area (Å²) in [5.41, 5.74) is 18.5. The Morgan fingerprint density at radius 3 is 0.939 bits per heavy atom. The van der Waals surface area contributed by atoms with Crippen molar-refractivity contribution >= 4 is 157 Å². The number of nitrogens with one attached hydrogen (secondary N) is 6. The Labute approximate surface area is 793 Å². The number of likely N-dealkylation sites (tertiary alicyclic amines) is 4. The Morgan fingerprint density at radius 2 is 0.626 bits per heavy atom. The summed E-state index contributed by atoms with van der Waals surface area (Å²) in [5, 5.41) is 41.2. The number of thiophene rings is 2. The number of nitrogens with zero attached hydrogens (tertiary/aromatic N) is 8.